The van der Waals surface area contributed by atoms with Crippen molar-refractivity contribution in [2.45, 2.75) is 38.8 Å². The van der Waals surface area contributed by atoms with Crippen molar-refractivity contribution in [1.29, 1.82) is 0 Å². The predicted molar refractivity (Wildman–Crippen MR) is 101 cm³/mol. The number of ether oxygens (including phenoxy) is 2. The lowest BCUT2D eigenvalue weighted by Gasteiger charge is -2.40. The summed E-state index contributed by atoms with van der Waals surface area (Å²) in [4.78, 5) is 16.8. The highest BCUT2D eigenvalue weighted by Gasteiger charge is 2.43. The smallest absolute Gasteiger partial charge is 0.256 e. The van der Waals surface area contributed by atoms with Crippen molar-refractivity contribution >= 4 is 5.91 Å². The summed E-state index contributed by atoms with van der Waals surface area (Å²) in [5.41, 5.74) is -0.450. The van der Waals surface area contributed by atoms with Crippen molar-refractivity contribution in [2.24, 2.45) is 5.92 Å². The van der Waals surface area contributed by atoms with E-state index in [1.807, 2.05) is 30.1 Å². The zero-order valence-electron chi connectivity index (χ0n) is 16.6. The molecular weight excluding hydrogens is 332 g/mol. The van der Waals surface area contributed by atoms with Crippen LogP contribution >= 0.6 is 0 Å². The van der Waals surface area contributed by atoms with Crippen LogP contribution in [0.25, 0.3) is 0 Å². The molecule has 1 fully saturated rings. The van der Waals surface area contributed by atoms with Crippen LogP contribution in [-0.4, -0.2) is 67.3 Å². The maximum Gasteiger partial charge on any atom is 0.256 e. The Labute approximate surface area is 156 Å². The molecule has 1 unspecified atom stereocenters. The highest BCUT2D eigenvalue weighted by atomic mass is 16.5. The fraction of sp³-hybridized carbons (Fsp3) is 0.650. The van der Waals surface area contributed by atoms with Crippen LogP contribution in [-0.2, 0) is 11.3 Å². The van der Waals surface area contributed by atoms with Gasteiger partial charge in [0, 0.05) is 31.7 Å². The second-order valence-electron chi connectivity index (χ2n) is 7.61. The predicted octanol–water partition coefficient (Wildman–Crippen LogP) is 2.15. The van der Waals surface area contributed by atoms with Gasteiger partial charge in [-0.15, -0.1) is 0 Å². The first-order valence-electron chi connectivity index (χ1n) is 9.21. The van der Waals surface area contributed by atoms with E-state index in [1.54, 1.807) is 19.1 Å². The fourth-order valence-corrected chi connectivity index (χ4v) is 3.78. The van der Waals surface area contributed by atoms with Gasteiger partial charge >= 0.3 is 0 Å². The first-order chi connectivity index (χ1) is 12.3. The number of rotatable bonds is 8. The number of piperidine rings is 1. The van der Waals surface area contributed by atoms with E-state index in [4.69, 9.17) is 9.47 Å². The van der Waals surface area contributed by atoms with Gasteiger partial charge in [-0.2, -0.15) is 0 Å². The Bertz CT molecular complexity index is 620. The number of hydrogen-bond acceptors (Lipinski definition) is 5. The summed E-state index contributed by atoms with van der Waals surface area (Å²) in [5.74, 6) is 1.55. The molecule has 146 valence electrons. The van der Waals surface area contributed by atoms with E-state index in [9.17, 15) is 9.90 Å². The maximum atomic E-state index is 13.0. The van der Waals surface area contributed by atoms with Crippen LogP contribution in [0, 0.1) is 5.92 Å². The molecule has 1 aliphatic rings. The molecule has 6 heteroatoms. The molecule has 1 aromatic rings. The lowest BCUT2D eigenvalue weighted by Crippen LogP contribution is -2.58. The van der Waals surface area contributed by atoms with Gasteiger partial charge in [-0.05, 0) is 31.9 Å². The topological polar surface area (TPSA) is 62.2 Å². The third kappa shape index (κ3) is 4.68. The summed E-state index contributed by atoms with van der Waals surface area (Å²) in [7, 11) is 5.14. The minimum atomic E-state index is -1.33. The molecule has 0 bridgehead atoms. The van der Waals surface area contributed by atoms with Crippen molar-refractivity contribution in [2.75, 3.05) is 40.9 Å². The van der Waals surface area contributed by atoms with Crippen molar-refractivity contribution in [3.63, 3.8) is 0 Å². The lowest BCUT2D eigenvalue weighted by molar-refractivity contribution is -0.160. The summed E-state index contributed by atoms with van der Waals surface area (Å²) in [5, 5.41) is 11.0. The SMILES string of the molecule is COc1cccc(CN2CCCC(O)(CN(C)CC(C)C)C2=O)c1OC. The molecule has 1 aliphatic heterocycles. The third-order valence-corrected chi connectivity index (χ3v) is 4.76. The molecule has 2 rings (SSSR count). The molecule has 6 nitrogen and oxygen atoms in total. The fourth-order valence-electron chi connectivity index (χ4n) is 3.78. The quantitative estimate of drug-likeness (QED) is 0.766. The highest BCUT2D eigenvalue weighted by molar-refractivity contribution is 5.86. The summed E-state index contributed by atoms with van der Waals surface area (Å²) in [6.07, 6.45) is 1.28. The molecule has 1 N–H and O–H groups in total. The van der Waals surface area contributed by atoms with Crippen LogP contribution in [0.15, 0.2) is 18.2 Å². The number of aliphatic hydroxyl groups is 1. The number of hydrogen-bond donors (Lipinski definition) is 1. The van der Waals surface area contributed by atoms with Crippen LogP contribution in [0.2, 0.25) is 0 Å². The van der Waals surface area contributed by atoms with E-state index in [2.05, 4.69) is 13.8 Å². The van der Waals surface area contributed by atoms with Gasteiger partial charge in [-0.1, -0.05) is 26.0 Å². The maximum absolute atomic E-state index is 13.0. The van der Waals surface area contributed by atoms with Crippen molar-refractivity contribution in [3.05, 3.63) is 23.8 Å². The van der Waals surface area contributed by atoms with Crippen LogP contribution < -0.4 is 9.47 Å². The van der Waals surface area contributed by atoms with Gasteiger partial charge in [0.05, 0.1) is 14.2 Å². The molecule has 26 heavy (non-hydrogen) atoms. The number of nitrogens with zero attached hydrogens (tertiary/aromatic N) is 2. The molecule has 0 radical (unpaired) electrons. The number of para-hydroxylation sites is 1. The van der Waals surface area contributed by atoms with Gasteiger partial charge in [-0.3, -0.25) is 4.79 Å². The molecule has 1 saturated heterocycles. The van der Waals surface area contributed by atoms with E-state index < -0.39 is 5.60 Å². The van der Waals surface area contributed by atoms with Gasteiger partial charge in [0.15, 0.2) is 17.1 Å². The minimum absolute atomic E-state index is 0.204. The van der Waals surface area contributed by atoms with Crippen LogP contribution in [0.4, 0.5) is 0 Å². The molecule has 0 aromatic heterocycles. The van der Waals surface area contributed by atoms with E-state index in [0.29, 0.717) is 43.5 Å². The molecule has 0 aliphatic carbocycles. The molecule has 1 amide bonds. The first-order valence-corrected chi connectivity index (χ1v) is 9.21. The van der Waals surface area contributed by atoms with E-state index >= 15 is 0 Å². The number of likely N-dealkylation sites (tertiary alicyclic amines) is 1. The largest absolute Gasteiger partial charge is 0.493 e. The number of carbonyl (C=O) groups excluding carboxylic acids is 1. The monoisotopic (exact) mass is 364 g/mol. The summed E-state index contributed by atoms with van der Waals surface area (Å²) in [6, 6.07) is 5.64. The molecule has 1 atom stereocenters. The number of methoxy groups -OCH3 is 2. The van der Waals surface area contributed by atoms with E-state index in [-0.39, 0.29) is 5.91 Å². The Morgan fingerprint density at radius 2 is 2.04 bits per heavy atom. The third-order valence-electron chi connectivity index (χ3n) is 4.76. The Hall–Kier alpha value is -1.79. The van der Waals surface area contributed by atoms with Crippen LogP contribution in [0.1, 0.15) is 32.3 Å². The number of amides is 1. The average Bonchev–Trinajstić information content (AvgIpc) is 2.57. The minimum Gasteiger partial charge on any atom is -0.493 e. The Morgan fingerprint density at radius 3 is 2.65 bits per heavy atom. The highest BCUT2D eigenvalue weighted by Crippen LogP contribution is 2.33. The Kier molecular flexibility index (Phi) is 6.89. The number of benzene rings is 1. The van der Waals surface area contributed by atoms with E-state index in [1.165, 1.54) is 0 Å². The molecule has 0 saturated carbocycles. The normalized spacial score (nSPS) is 20.8. The second-order valence-corrected chi connectivity index (χ2v) is 7.61. The van der Waals surface area contributed by atoms with Crippen molar-refractivity contribution < 1.29 is 19.4 Å². The number of likely N-dealkylation sites (N-methyl/N-ethyl adjacent to an activating group) is 1. The molecular formula is C20H32N2O4. The second kappa shape index (κ2) is 8.73. The van der Waals surface area contributed by atoms with Crippen LogP contribution in [0.5, 0.6) is 11.5 Å². The van der Waals surface area contributed by atoms with Gasteiger partial charge in [0.25, 0.3) is 5.91 Å². The van der Waals surface area contributed by atoms with Crippen molar-refractivity contribution in [1.82, 2.24) is 9.80 Å². The molecule has 0 spiro atoms. The summed E-state index contributed by atoms with van der Waals surface area (Å²) < 4.78 is 10.8. The summed E-state index contributed by atoms with van der Waals surface area (Å²) >= 11 is 0. The Morgan fingerprint density at radius 1 is 1.31 bits per heavy atom. The first kappa shape index (κ1) is 20.5. The van der Waals surface area contributed by atoms with Crippen molar-refractivity contribution in [3.8, 4) is 11.5 Å². The van der Waals surface area contributed by atoms with Gasteiger partial charge in [-0.25, -0.2) is 0 Å². The zero-order valence-corrected chi connectivity index (χ0v) is 16.6. The zero-order chi connectivity index (χ0) is 19.3. The standard InChI is InChI=1S/C20H32N2O4/c1-15(2)12-21(3)14-20(24)10-7-11-22(19(20)23)13-16-8-6-9-17(25-4)18(16)26-5/h6,8-9,15,24H,7,10-14H2,1-5H3. The lowest BCUT2D eigenvalue weighted by atomic mass is 9.90. The van der Waals surface area contributed by atoms with Gasteiger partial charge in [0.1, 0.15) is 0 Å². The van der Waals surface area contributed by atoms with E-state index in [0.717, 1.165) is 18.5 Å². The molecule has 1 heterocycles. The summed E-state index contributed by atoms with van der Waals surface area (Å²) in [6.45, 7) is 6.50. The Balaban J connectivity index is 2.15. The number of carbonyl (C=O) groups is 1. The van der Waals surface area contributed by atoms with Gasteiger partial charge in [0.2, 0.25) is 0 Å². The van der Waals surface area contributed by atoms with Gasteiger partial charge < -0.3 is 24.4 Å². The average molecular weight is 364 g/mol. The molecule has 1 aromatic carbocycles. The van der Waals surface area contributed by atoms with Crippen LogP contribution in [0.3, 0.4) is 0 Å².